The molecule has 0 aromatic heterocycles. The maximum atomic E-state index is 13.3. The Bertz CT molecular complexity index is 1410. The Labute approximate surface area is 201 Å². The van der Waals surface area contributed by atoms with Gasteiger partial charge in [-0.3, -0.25) is 9.59 Å². The average molecular weight is 542 g/mol. The molecule has 0 saturated carbocycles. The molecule has 2 aliphatic carbocycles. The molecule has 0 heterocycles. The molecule has 4 aromatic carbocycles. The fraction of sp³-hybridized carbons (Fsp3) is 0. The lowest BCUT2D eigenvalue weighted by atomic mass is 9.73. The van der Waals surface area contributed by atoms with Crippen LogP contribution >= 0.6 is 31.9 Å². The predicted molar refractivity (Wildman–Crippen MR) is 133 cm³/mol. The van der Waals surface area contributed by atoms with Crippen LogP contribution in [0.2, 0.25) is 0 Å². The van der Waals surface area contributed by atoms with Crippen LogP contribution in [-0.2, 0) is 0 Å². The average Bonchev–Trinajstić information content (AvgIpc) is 2.81. The van der Waals surface area contributed by atoms with Gasteiger partial charge in [0.25, 0.3) is 0 Å². The molecule has 2 nitrogen and oxygen atoms in total. The van der Waals surface area contributed by atoms with Crippen LogP contribution in [0.4, 0.5) is 0 Å². The Kier molecular flexibility index (Phi) is 4.42. The van der Waals surface area contributed by atoms with Gasteiger partial charge in [0.2, 0.25) is 0 Å². The number of fused-ring (bicyclic) bond motifs is 4. The summed E-state index contributed by atoms with van der Waals surface area (Å²) in [7, 11) is 0. The largest absolute Gasteiger partial charge is 0.289 e. The first-order valence-electron chi connectivity index (χ1n) is 10.2. The van der Waals surface area contributed by atoms with E-state index < -0.39 is 0 Å². The SMILES string of the molecule is O=C1c2ccccc2/C(=C2\c3ccccc3C(=O)c3ccc(Br)cc32)c2cc(Br)ccc21. The summed E-state index contributed by atoms with van der Waals surface area (Å²) in [6, 6.07) is 27.0. The van der Waals surface area contributed by atoms with Gasteiger partial charge >= 0.3 is 0 Å². The molecule has 0 atom stereocenters. The van der Waals surface area contributed by atoms with E-state index in [0.29, 0.717) is 22.3 Å². The molecule has 0 N–H and O–H groups in total. The molecule has 0 amide bonds. The van der Waals surface area contributed by atoms with E-state index in [2.05, 4.69) is 31.9 Å². The standard InChI is InChI=1S/C28H14Br2O2/c29-15-9-11-21-23(13-15)25(17-5-1-3-7-19(17)27(21)31)26-18-6-2-4-8-20(18)28(32)22-12-10-16(30)14-24(22)26/h1-14H/b26-25-. The first kappa shape index (κ1) is 19.6. The highest BCUT2D eigenvalue weighted by Gasteiger charge is 2.34. The lowest BCUT2D eigenvalue weighted by molar-refractivity contribution is 0.102. The van der Waals surface area contributed by atoms with Crippen LogP contribution in [0, 0.1) is 0 Å². The quantitative estimate of drug-likeness (QED) is 0.202. The maximum Gasteiger partial charge on any atom is 0.194 e. The molecule has 4 aromatic rings. The number of hydrogen-bond acceptors (Lipinski definition) is 2. The number of ketones is 2. The van der Waals surface area contributed by atoms with Gasteiger partial charge in [0.05, 0.1) is 0 Å². The van der Waals surface area contributed by atoms with Crippen LogP contribution < -0.4 is 0 Å². The number of benzene rings is 4. The van der Waals surface area contributed by atoms with Gasteiger partial charge in [-0.15, -0.1) is 0 Å². The molecular weight excluding hydrogens is 528 g/mol. The molecular formula is C28H14Br2O2. The Hall–Kier alpha value is -3.08. The molecule has 6 rings (SSSR count). The third kappa shape index (κ3) is 2.76. The van der Waals surface area contributed by atoms with Crippen LogP contribution in [0.15, 0.2) is 93.9 Å². The van der Waals surface area contributed by atoms with Crippen molar-refractivity contribution in [2.75, 3.05) is 0 Å². The summed E-state index contributed by atoms with van der Waals surface area (Å²) in [5.41, 5.74) is 8.13. The zero-order chi connectivity index (χ0) is 22.0. The first-order valence-corrected chi connectivity index (χ1v) is 11.8. The Morgan fingerprint density at radius 1 is 0.406 bits per heavy atom. The van der Waals surface area contributed by atoms with Crippen molar-refractivity contribution in [2.24, 2.45) is 0 Å². The fourth-order valence-corrected chi connectivity index (χ4v) is 5.48. The molecule has 0 bridgehead atoms. The zero-order valence-electron chi connectivity index (χ0n) is 16.7. The van der Waals surface area contributed by atoms with Crippen LogP contribution in [0.1, 0.15) is 54.1 Å². The van der Waals surface area contributed by atoms with Gasteiger partial charge in [-0.2, -0.15) is 0 Å². The van der Waals surface area contributed by atoms with Crippen LogP contribution in [-0.4, -0.2) is 11.6 Å². The Morgan fingerprint density at radius 3 is 1.16 bits per heavy atom. The summed E-state index contributed by atoms with van der Waals surface area (Å²) in [6.45, 7) is 0. The summed E-state index contributed by atoms with van der Waals surface area (Å²) >= 11 is 7.18. The molecule has 0 radical (unpaired) electrons. The van der Waals surface area contributed by atoms with Crippen LogP contribution in [0.25, 0.3) is 11.1 Å². The lowest BCUT2D eigenvalue weighted by Crippen LogP contribution is -2.19. The minimum absolute atomic E-state index is 0.0158. The molecule has 0 fully saturated rings. The van der Waals surface area contributed by atoms with E-state index in [1.54, 1.807) is 0 Å². The summed E-state index contributed by atoms with van der Waals surface area (Å²) in [4.78, 5) is 26.7. The van der Waals surface area contributed by atoms with E-state index in [1.165, 1.54) is 0 Å². The highest BCUT2D eigenvalue weighted by molar-refractivity contribution is 9.10. The molecule has 32 heavy (non-hydrogen) atoms. The second kappa shape index (κ2) is 7.22. The second-order valence-electron chi connectivity index (χ2n) is 7.88. The smallest absolute Gasteiger partial charge is 0.194 e. The second-order valence-corrected chi connectivity index (χ2v) is 9.71. The topological polar surface area (TPSA) is 34.1 Å². The van der Waals surface area contributed by atoms with Crippen LogP contribution in [0.5, 0.6) is 0 Å². The number of carbonyl (C=O) groups is 2. The van der Waals surface area contributed by atoms with Gasteiger partial charge in [0.15, 0.2) is 11.6 Å². The van der Waals surface area contributed by atoms with E-state index in [0.717, 1.165) is 42.3 Å². The summed E-state index contributed by atoms with van der Waals surface area (Å²) in [6.07, 6.45) is 0. The monoisotopic (exact) mass is 540 g/mol. The predicted octanol–water partition coefficient (Wildman–Crippen LogP) is 7.31. The van der Waals surface area contributed by atoms with Gasteiger partial charge in [-0.25, -0.2) is 0 Å². The Morgan fingerprint density at radius 2 is 0.750 bits per heavy atom. The van der Waals surface area contributed by atoms with Crippen molar-refractivity contribution in [3.63, 3.8) is 0 Å². The highest BCUT2D eigenvalue weighted by Crippen LogP contribution is 2.47. The van der Waals surface area contributed by atoms with Gasteiger partial charge in [0, 0.05) is 31.2 Å². The number of carbonyl (C=O) groups excluding carboxylic acids is 2. The van der Waals surface area contributed by atoms with Crippen molar-refractivity contribution >= 4 is 54.6 Å². The van der Waals surface area contributed by atoms with Crippen molar-refractivity contribution in [1.82, 2.24) is 0 Å². The minimum Gasteiger partial charge on any atom is -0.289 e. The molecule has 0 aliphatic heterocycles. The van der Waals surface area contributed by atoms with Crippen molar-refractivity contribution in [3.05, 3.63) is 138 Å². The molecule has 0 saturated heterocycles. The molecule has 152 valence electrons. The zero-order valence-corrected chi connectivity index (χ0v) is 19.8. The van der Waals surface area contributed by atoms with Gasteiger partial charge < -0.3 is 0 Å². The normalized spacial score (nSPS) is 16.2. The van der Waals surface area contributed by atoms with E-state index in [-0.39, 0.29) is 11.6 Å². The molecule has 0 spiro atoms. The summed E-state index contributed by atoms with van der Waals surface area (Å²) in [5.74, 6) is 0.0316. The van der Waals surface area contributed by atoms with E-state index in [1.807, 2.05) is 84.9 Å². The van der Waals surface area contributed by atoms with E-state index >= 15 is 0 Å². The van der Waals surface area contributed by atoms with Gasteiger partial charge in [0.1, 0.15) is 0 Å². The molecule has 4 heteroatoms. The van der Waals surface area contributed by atoms with Crippen molar-refractivity contribution in [2.45, 2.75) is 0 Å². The minimum atomic E-state index is 0.0158. The highest BCUT2D eigenvalue weighted by atomic mass is 79.9. The van der Waals surface area contributed by atoms with E-state index in [9.17, 15) is 9.59 Å². The maximum absolute atomic E-state index is 13.3. The van der Waals surface area contributed by atoms with Crippen LogP contribution in [0.3, 0.4) is 0 Å². The lowest BCUT2D eigenvalue weighted by Gasteiger charge is -2.29. The van der Waals surface area contributed by atoms with Crippen molar-refractivity contribution in [3.8, 4) is 0 Å². The molecule has 0 unspecified atom stereocenters. The third-order valence-electron chi connectivity index (χ3n) is 6.12. The van der Waals surface area contributed by atoms with Gasteiger partial charge in [-0.1, -0.05) is 80.4 Å². The van der Waals surface area contributed by atoms with Gasteiger partial charge in [-0.05, 0) is 69.8 Å². The number of rotatable bonds is 0. The van der Waals surface area contributed by atoms with Crippen molar-refractivity contribution in [1.29, 1.82) is 0 Å². The van der Waals surface area contributed by atoms with E-state index in [4.69, 9.17) is 0 Å². The first-order chi connectivity index (χ1) is 15.5. The molecule has 2 aliphatic rings. The summed E-state index contributed by atoms with van der Waals surface area (Å²) in [5, 5.41) is 0. The summed E-state index contributed by atoms with van der Waals surface area (Å²) < 4.78 is 1.80. The number of halogens is 2. The Balaban J connectivity index is 1.85. The van der Waals surface area contributed by atoms with Crippen molar-refractivity contribution < 1.29 is 9.59 Å². The number of hydrogen-bond donors (Lipinski definition) is 0. The fourth-order valence-electron chi connectivity index (χ4n) is 4.76. The third-order valence-corrected chi connectivity index (χ3v) is 7.11.